The second-order valence-electron chi connectivity index (χ2n) is 6.53. The fraction of sp³-hybridized carbons (Fsp3) is 0.812. The van der Waals surface area contributed by atoms with Crippen LogP contribution >= 0.6 is 12.6 Å². The highest BCUT2D eigenvalue weighted by atomic mass is 32.1. The second-order valence-corrected chi connectivity index (χ2v) is 7.18. The highest BCUT2D eigenvalue weighted by Crippen LogP contribution is 2.80. The molecule has 0 bridgehead atoms. The van der Waals surface area contributed by atoms with E-state index in [-0.39, 0.29) is 6.42 Å². The van der Waals surface area contributed by atoms with Crippen molar-refractivity contribution >= 4 is 18.4 Å². The molecule has 0 heterocycles. The molecule has 3 saturated carbocycles. The molecule has 3 aliphatic carbocycles. The molecule has 1 nitrogen and oxygen atoms in total. The van der Waals surface area contributed by atoms with Crippen LogP contribution in [-0.4, -0.2) is 11.0 Å². The highest BCUT2D eigenvalue weighted by molar-refractivity contribution is 7.81. The summed E-state index contributed by atoms with van der Waals surface area (Å²) in [5, 5.41) is -2.87. The third kappa shape index (κ3) is 2.34. The van der Waals surface area contributed by atoms with E-state index in [1.807, 2.05) is 0 Å². The zero-order chi connectivity index (χ0) is 15.1. The van der Waals surface area contributed by atoms with Gasteiger partial charge in [0, 0.05) is 12.3 Å². The SMILES string of the molecule is C=CCC(F)(F)S.CCC1CC2CC3CC(C(C)=O)C123. The van der Waals surface area contributed by atoms with Crippen molar-refractivity contribution in [3.05, 3.63) is 12.7 Å². The molecule has 1 spiro atoms. The van der Waals surface area contributed by atoms with E-state index >= 15 is 0 Å². The van der Waals surface area contributed by atoms with E-state index in [2.05, 4.69) is 26.1 Å². The van der Waals surface area contributed by atoms with Gasteiger partial charge in [-0.2, -0.15) is 8.78 Å². The van der Waals surface area contributed by atoms with Gasteiger partial charge in [0.1, 0.15) is 5.78 Å². The molecule has 5 unspecified atom stereocenters. The molecule has 0 radical (unpaired) electrons. The van der Waals surface area contributed by atoms with Gasteiger partial charge in [-0.15, -0.1) is 19.2 Å². The molecule has 3 fully saturated rings. The van der Waals surface area contributed by atoms with Crippen molar-refractivity contribution in [1.82, 2.24) is 0 Å². The zero-order valence-corrected chi connectivity index (χ0v) is 13.1. The van der Waals surface area contributed by atoms with Gasteiger partial charge in [0.2, 0.25) is 0 Å². The minimum atomic E-state index is -2.87. The Kier molecular flexibility index (Phi) is 4.35. The number of allylic oxidation sites excluding steroid dienone is 1. The summed E-state index contributed by atoms with van der Waals surface area (Å²) in [6.07, 6.45) is 6.17. The van der Waals surface area contributed by atoms with Gasteiger partial charge in [0.15, 0.2) is 0 Å². The predicted octanol–water partition coefficient (Wildman–Crippen LogP) is 4.73. The van der Waals surface area contributed by atoms with Crippen molar-refractivity contribution in [3.63, 3.8) is 0 Å². The topological polar surface area (TPSA) is 17.1 Å². The third-order valence-corrected chi connectivity index (χ3v) is 5.94. The van der Waals surface area contributed by atoms with Gasteiger partial charge in [-0.1, -0.05) is 19.4 Å². The Labute approximate surface area is 125 Å². The van der Waals surface area contributed by atoms with Gasteiger partial charge in [-0.25, -0.2) is 0 Å². The van der Waals surface area contributed by atoms with Crippen molar-refractivity contribution in [1.29, 1.82) is 0 Å². The van der Waals surface area contributed by atoms with Gasteiger partial charge in [0.05, 0.1) is 0 Å². The summed E-state index contributed by atoms with van der Waals surface area (Å²) in [4.78, 5) is 11.5. The lowest BCUT2D eigenvalue weighted by molar-refractivity contribution is -0.296. The van der Waals surface area contributed by atoms with Gasteiger partial charge < -0.3 is 0 Å². The molecule has 0 saturated heterocycles. The van der Waals surface area contributed by atoms with E-state index in [0.717, 1.165) is 23.8 Å². The van der Waals surface area contributed by atoms with Gasteiger partial charge in [-0.3, -0.25) is 4.79 Å². The Morgan fingerprint density at radius 2 is 2.00 bits per heavy atom. The van der Waals surface area contributed by atoms with Gasteiger partial charge >= 0.3 is 0 Å². The molecule has 114 valence electrons. The van der Waals surface area contributed by atoms with Crippen LogP contribution in [0.2, 0.25) is 0 Å². The first kappa shape index (κ1) is 16.0. The van der Waals surface area contributed by atoms with Crippen molar-refractivity contribution < 1.29 is 13.6 Å². The number of alkyl halides is 2. The van der Waals surface area contributed by atoms with Crippen LogP contribution in [-0.2, 0) is 4.79 Å². The molecule has 20 heavy (non-hydrogen) atoms. The Morgan fingerprint density at radius 1 is 1.40 bits per heavy atom. The lowest BCUT2D eigenvalue weighted by Crippen LogP contribution is -2.74. The Morgan fingerprint density at radius 3 is 2.30 bits per heavy atom. The fourth-order valence-corrected chi connectivity index (χ4v) is 5.10. The molecule has 0 aromatic carbocycles. The summed E-state index contributed by atoms with van der Waals surface area (Å²) in [7, 11) is 0. The summed E-state index contributed by atoms with van der Waals surface area (Å²) < 4.78 is 23.0. The summed E-state index contributed by atoms with van der Waals surface area (Å²) in [6.45, 7) is 7.21. The van der Waals surface area contributed by atoms with Crippen LogP contribution in [0.3, 0.4) is 0 Å². The maximum Gasteiger partial charge on any atom is 0.294 e. The number of carbonyl (C=O) groups is 1. The minimum Gasteiger partial charge on any atom is -0.300 e. The maximum absolute atomic E-state index is 11.5. The molecule has 3 aliphatic rings. The second kappa shape index (κ2) is 5.43. The maximum atomic E-state index is 11.5. The Bertz CT molecular complexity index is 398. The van der Waals surface area contributed by atoms with Crippen LogP contribution in [0, 0.1) is 29.1 Å². The standard InChI is InChI=1S/C12H18O.C4H6F2S/c1-3-8-4-9-5-10-6-11(7(2)13)12(8,9)10;1-2-3-4(5,6)7/h8-11H,3-6H2,1-2H3;2,7H,1,3H2. The number of ketones is 1. The average molecular weight is 302 g/mol. The van der Waals surface area contributed by atoms with Crippen molar-refractivity contribution in [2.75, 3.05) is 0 Å². The number of hydrogen-bond donors (Lipinski definition) is 1. The summed E-state index contributed by atoms with van der Waals surface area (Å²) in [6, 6.07) is 0. The summed E-state index contributed by atoms with van der Waals surface area (Å²) in [5.41, 5.74) is 0.556. The molecule has 0 aromatic rings. The van der Waals surface area contributed by atoms with Gasteiger partial charge in [-0.05, 0) is 49.4 Å². The third-order valence-electron chi connectivity index (χ3n) is 5.76. The van der Waals surface area contributed by atoms with E-state index < -0.39 is 5.25 Å². The molecule has 0 aromatic heterocycles. The molecule has 3 rings (SSSR count). The lowest BCUT2D eigenvalue weighted by Gasteiger charge is -2.78. The number of rotatable bonds is 4. The molecular weight excluding hydrogens is 278 g/mol. The Hall–Kier alpha value is -0.380. The van der Waals surface area contributed by atoms with Crippen LogP contribution < -0.4 is 0 Å². The van der Waals surface area contributed by atoms with E-state index in [9.17, 15) is 13.6 Å². The van der Waals surface area contributed by atoms with E-state index in [4.69, 9.17) is 0 Å². The molecule has 0 amide bonds. The normalized spacial score (nSPS) is 40.6. The number of thiol groups is 1. The smallest absolute Gasteiger partial charge is 0.294 e. The van der Waals surface area contributed by atoms with Crippen LogP contribution in [0.15, 0.2) is 12.7 Å². The zero-order valence-electron chi connectivity index (χ0n) is 12.2. The van der Waals surface area contributed by atoms with E-state index in [1.54, 1.807) is 6.92 Å². The first-order valence-electron chi connectivity index (χ1n) is 7.48. The Balaban J connectivity index is 0.000000182. The first-order chi connectivity index (χ1) is 9.27. The van der Waals surface area contributed by atoms with Crippen LogP contribution in [0.1, 0.15) is 46.0 Å². The lowest BCUT2D eigenvalue weighted by atomic mass is 9.25. The van der Waals surface area contributed by atoms with Crippen molar-refractivity contribution in [3.8, 4) is 0 Å². The largest absolute Gasteiger partial charge is 0.300 e. The molecular formula is C16H24F2OS. The number of Topliss-reactive ketones (excluding diaryl/α,β-unsaturated/α-hetero) is 1. The molecule has 4 heteroatoms. The average Bonchev–Trinajstić information content (AvgIpc) is 2.25. The highest BCUT2D eigenvalue weighted by Gasteiger charge is 2.75. The number of halogens is 2. The van der Waals surface area contributed by atoms with Crippen molar-refractivity contribution in [2.24, 2.45) is 29.1 Å². The van der Waals surface area contributed by atoms with Crippen LogP contribution in [0.4, 0.5) is 8.78 Å². The van der Waals surface area contributed by atoms with Crippen LogP contribution in [0.25, 0.3) is 0 Å². The first-order valence-corrected chi connectivity index (χ1v) is 7.93. The predicted molar refractivity (Wildman–Crippen MR) is 80.0 cm³/mol. The summed E-state index contributed by atoms with van der Waals surface area (Å²) >= 11 is 2.93. The molecule has 0 aliphatic heterocycles. The van der Waals surface area contributed by atoms with Crippen LogP contribution in [0.5, 0.6) is 0 Å². The minimum absolute atomic E-state index is 0.365. The fourth-order valence-electron chi connectivity index (χ4n) is 4.97. The van der Waals surface area contributed by atoms with E-state index in [1.165, 1.54) is 25.7 Å². The van der Waals surface area contributed by atoms with E-state index in [0.29, 0.717) is 17.1 Å². The summed E-state index contributed by atoms with van der Waals surface area (Å²) in [5.74, 6) is 3.74. The molecule has 0 N–H and O–H groups in total. The quantitative estimate of drug-likeness (QED) is 0.586. The number of carbonyl (C=O) groups excluding carboxylic acids is 1. The van der Waals surface area contributed by atoms with Gasteiger partial charge in [0.25, 0.3) is 5.25 Å². The number of hydrogen-bond acceptors (Lipinski definition) is 2. The van der Waals surface area contributed by atoms with Crippen molar-refractivity contribution in [2.45, 2.75) is 51.2 Å². The molecule has 5 atom stereocenters. The monoisotopic (exact) mass is 302 g/mol.